The molecular weight excluding hydrogens is 453 g/mol. The molecule has 0 unspecified atom stereocenters. The zero-order valence-electron chi connectivity index (χ0n) is 18.2. The van der Waals surface area contributed by atoms with Gasteiger partial charge in [-0.2, -0.15) is 4.39 Å². The Morgan fingerprint density at radius 1 is 1.24 bits per heavy atom. The fourth-order valence-corrected chi connectivity index (χ4v) is 4.17. The zero-order valence-corrected chi connectivity index (χ0v) is 18.2. The van der Waals surface area contributed by atoms with Gasteiger partial charge in [0.05, 0.1) is 5.69 Å². The molecule has 2 aliphatic rings. The van der Waals surface area contributed by atoms with Crippen molar-refractivity contribution < 1.29 is 27.4 Å². The minimum Gasteiger partial charge on any atom is -0.482 e. The molecule has 1 saturated carbocycles. The number of hydrogen-bond acceptors (Lipinski definition) is 5. The highest BCUT2D eigenvalue weighted by molar-refractivity contribution is 6.04. The first-order valence-corrected chi connectivity index (χ1v) is 11.1. The highest BCUT2D eigenvalue weighted by Crippen LogP contribution is 2.35. The molecule has 11 heteroatoms. The van der Waals surface area contributed by atoms with E-state index in [9.17, 15) is 18.4 Å². The fraction of sp³-hybridized carbons (Fsp3) is 0.435. The lowest BCUT2D eigenvalue weighted by Gasteiger charge is -2.19. The van der Waals surface area contributed by atoms with E-state index in [0.717, 1.165) is 25.7 Å². The number of halogens is 3. The van der Waals surface area contributed by atoms with E-state index >= 15 is 4.39 Å². The van der Waals surface area contributed by atoms with E-state index in [1.807, 2.05) is 0 Å². The first-order valence-electron chi connectivity index (χ1n) is 11.1. The number of anilines is 1. The quantitative estimate of drug-likeness (QED) is 0.561. The first-order chi connectivity index (χ1) is 16.4. The molecule has 2 fully saturated rings. The summed E-state index contributed by atoms with van der Waals surface area (Å²) in [7, 11) is 0. The van der Waals surface area contributed by atoms with Crippen LogP contribution >= 0.6 is 0 Å². The second kappa shape index (κ2) is 9.13. The molecule has 1 aliphatic carbocycles. The number of rotatable bonds is 7. The van der Waals surface area contributed by atoms with Gasteiger partial charge in [0, 0.05) is 43.8 Å². The van der Waals surface area contributed by atoms with E-state index in [0.29, 0.717) is 18.9 Å². The molecule has 0 spiro atoms. The Morgan fingerprint density at radius 2 is 2.00 bits per heavy atom. The maximum absolute atomic E-state index is 15.4. The topological polar surface area (TPSA) is 86.9 Å². The van der Waals surface area contributed by atoms with Crippen molar-refractivity contribution in [2.45, 2.75) is 44.1 Å². The van der Waals surface area contributed by atoms with E-state index in [4.69, 9.17) is 9.47 Å². The van der Waals surface area contributed by atoms with Crippen LogP contribution in [0.15, 0.2) is 35.5 Å². The summed E-state index contributed by atoms with van der Waals surface area (Å²) in [6, 6.07) is 3.02. The largest absolute Gasteiger partial charge is 0.482 e. The van der Waals surface area contributed by atoms with Crippen molar-refractivity contribution in [2.24, 2.45) is 0 Å². The third-order valence-electron chi connectivity index (χ3n) is 6.06. The van der Waals surface area contributed by atoms with Crippen molar-refractivity contribution in [1.29, 1.82) is 0 Å². The van der Waals surface area contributed by atoms with Gasteiger partial charge >= 0.3 is 0 Å². The van der Waals surface area contributed by atoms with Gasteiger partial charge in [0.25, 0.3) is 17.9 Å². The van der Waals surface area contributed by atoms with E-state index in [-0.39, 0.29) is 28.9 Å². The van der Waals surface area contributed by atoms with E-state index < -0.39 is 36.1 Å². The minimum atomic E-state index is -2.85. The Bertz CT molecular complexity index is 1280. The lowest BCUT2D eigenvalue weighted by molar-refractivity contribution is 0.0803. The third-order valence-corrected chi connectivity index (χ3v) is 6.06. The molecule has 1 N–H and O–H groups in total. The van der Waals surface area contributed by atoms with Crippen LogP contribution in [0.3, 0.4) is 0 Å². The lowest BCUT2D eigenvalue weighted by atomic mass is 9.97. The molecule has 4 heterocycles. The van der Waals surface area contributed by atoms with E-state index in [2.05, 4.69) is 10.3 Å². The average Bonchev–Trinajstić information content (AvgIpc) is 3.57. The van der Waals surface area contributed by atoms with Gasteiger partial charge in [0.1, 0.15) is 17.9 Å². The monoisotopic (exact) mass is 476 g/mol. The van der Waals surface area contributed by atoms with E-state index in [1.54, 1.807) is 18.5 Å². The highest BCUT2D eigenvalue weighted by Gasteiger charge is 2.27. The molecule has 0 bridgehead atoms. The van der Waals surface area contributed by atoms with Crippen LogP contribution in [0, 0.1) is 5.82 Å². The van der Waals surface area contributed by atoms with Gasteiger partial charge in [-0.25, -0.2) is 13.8 Å². The van der Waals surface area contributed by atoms with Crippen molar-refractivity contribution in [3.05, 3.63) is 58.2 Å². The maximum atomic E-state index is 15.4. The average molecular weight is 476 g/mol. The number of nitrogens with zero attached hydrogens (tertiary/aromatic N) is 3. The van der Waals surface area contributed by atoms with Gasteiger partial charge in [-0.15, -0.1) is 0 Å². The molecular formula is C23H23F3N4O4. The van der Waals surface area contributed by atoms with Gasteiger partial charge in [-0.3, -0.25) is 9.59 Å². The molecule has 1 amide bonds. The van der Waals surface area contributed by atoms with Crippen LogP contribution in [0.1, 0.15) is 53.7 Å². The summed E-state index contributed by atoms with van der Waals surface area (Å²) in [6.07, 6.45) is 4.93. The molecule has 5 rings (SSSR count). The number of nitrogens with one attached hydrogen (secondary N) is 1. The number of imidazole rings is 1. The van der Waals surface area contributed by atoms with Crippen molar-refractivity contribution in [3.63, 3.8) is 0 Å². The Hall–Kier alpha value is -3.34. The summed E-state index contributed by atoms with van der Waals surface area (Å²) in [5.74, 6) is -2.24. The third kappa shape index (κ3) is 4.39. The predicted octanol–water partition coefficient (Wildman–Crippen LogP) is 3.76. The summed E-state index contributed by atoms with van der Waals surface area (Å²) in [5.41, 5.74) is -0.236. The Labute approximate surface area is 192 Å². The van der Waals surface area contributed by atoms with Crippen LogP contribution in [-0.4, -0.2) is 46.1 Å². The number of alkyl halides is 2. The smallest absolute Gasteiger partial charge is 0.272 e. The van der Waals surface area contributed by atoms with Crippen molar-refractivity contribution >= 4 is 17.2 Å². The van der Waals surface area contributed by atoms with Gasteiger partial charge in [-0.05, 0) is 37.8 Å². The second-order valence-corrected chi connectivity index (χ2v) is 8.49. The van der Waals surface area contributed by atoms with E-state index in [1.165, 1.54) is 21.2 Å². The fourth-order valence-electron chi connectivity index (χ4n) is 4.17. The molecule has 0 radical (unpaired) electrons. The summed E-state index contributed by atoms with van der Waals surface area (Å²) in [6.45, 7) is 0.0738. The van der Waals surface area contributed by atoms with Gasteiger partial charge in [0.15, 0.2) is 11.4 Å². The molecule has 0 atom stereocenters. The standard InChI is InChI=1S/C23H23F3N4O4/c24-18(25)12-34-20-17(28-22(31)15-2-1-7-30(23(15)32)14-3-4-14)11-29-10-16(27-21(29)19(20)26)13-5-8-33-9-6-13/h1-2,7,10-11,13-14,18H,3-6,8-9,12H2,(H,28,31). The Balaban J connectivity index is 1.51. The van der Waals surface area contributed by atoms with Crippen LogP contribution in [0.5, 0.6) is 5.75 Å². The van der Waals surface area contributed by atoms with Crippen molar-refractivity contribution in [1.82, 2.24) is 14.0 Å². The maximum Gasteiger partial charge on any atom is 0.272 e. The normalized spacial score (nSPS) is 16.8. The number of pyridine rings is 2. The van der Waals surface area contributed by atoms with Crippen molar-refractivity contribution in [3.8, 4) is 5.75 Å². The molecule has 34 heavy (non-hydrogen) atoms. The highest BCUT2D eigenvalue weighted by atomic mass is 19.3. The molecule has 1 saturated heterocycles. The molecule has 8 nitrogen and oxygen atoms in total. The number of ether oxygens (including phenoxy) is 2. The molecule has 1 aliphatic heterocycles. The zero-order chi connectivity index (χ0) is 23.8. The number of aromatic nitrogens is 3. The van der Waals surface area contributed by atoms with Crippen LogP contribution in [0.2, 0.25) is 0 Å². The molecule has 180 valence electrons. The van der Waals surface area contributed by atoms with Gasteiger partial charge in [0.2, 0.25) is 5.82 Å². The minimum absolute atomic E-state index is 0.0635. The molecule has 3 aromatic heterocycles. The van der Waals surface area contributed by atoms with Crippen LogP contribution in [-0.2, 0) is 4.74 Å². The summed E-state index contributed by atoms with van der Waals surface area (Å²) in [4.78, 5) is 30.0. The number of hydrogen-bond donors (Lipinski definition) is 1. The Kier molecular flexibility index (Phi) is 6.03. The van der Waals surface area contributed by atoms with Gasteiger partial charge in [-0.1, -0.05) is 0 Å². The summed E-state index contributed by atoms with van der Waals surface area (Å²) in [5, 5.41) is 2.47. The van der Waals surface area contributed by atoms with Gasteiger partial charge < -0.3 is 23.8 Å². The van der Waals surface area contributed by atoms with Crippen LogP contribution in [0.25, 0.3) is 5.65 Å². The Morgan fingerprint density at radius 3 is 2.71 bits per heavy atom. The van der Waals surface area contributed by atoms with Crippen LogP contribution < -0.4 is 15.6 Å². The lowest BCUT2D eigenvalue weighted by Crippen LogP contribution is -2.28. The number of amides is 1. The van der Waals surface area contributed by atoms with Crippen LogP contribution in [0.4, 0.5) is 18.9 Å². The molecule has 3 aromatic rings. The van der Waals surface area contributed by atoms with Crippen molar-refractivity contribution in [2.75, 3.05) is 25.1 Å². The SMILES string of the molecule is O=C(Nc1cn2cc(C3CCOCC3)nc2c(F)c1OCC(F)F)c1cccn(C2CC2)c1=O. The number of carbonyl (C=O) groups is 1. The first kappa shape index (κ1) is 22.5. The predicted molar refractivity (Wildman–Crippen MR) is 116 cm³/mol. The second-order valence-electron chi connectivity index (χ2n) is 8.49. The number of carbonyl (C=O) groups excluding carboxylic acids is 1. The summed E-state index contributed by atoms with van der Waals surface area (Å²) < 4.78 is 54.3. The summed E-state index contributed by atoms with van der Waals surface area (Å²) >= 11 is 0. The number of fused-ring (bicyclic) bond motifs is 1. The molecule has 0 aromatic carbocycles.